The highest BCUT2D eigenvalue weighted by molar-refractivity contribution is 7.92. The van der Waals surface area contributed by atoms with Gasteiger partial charge in [0, 0.05) is 18.5 Å². The first kappa shape index (κ1) is 23.5. The molecule has 0 aliphatic carbocycles. The predicted molar refractivity (Wildman–Crippen MR) is 130 cm³/mol. The van der Waals surface area contributed by atoms with Gasteiger partial charge in [-0.15, -0.1) is 11.3 Å². The summed E-state index contributed by atoms with van der Waals surface area (Å²) in [6.45, 7) is 1.68. The van der Waals surface area contributed by atoms with Crippen molar-refractivity contribution in [3.05, 3.63) is 71.4 Å². The van der Waals surface area contributed by atoms with Crippen LogP contribution >= 0.6 is 11.3 Å². The number of carbonyl (C=O) groups is 1. The van der Waals surface area contributed by atoms with E-state index in [1.807, 2.05) is 17.5 Å². The molecular weight excluding hydrogens is 476 g/mol. The first-order valence-electron chi connectivity index (χ1n) is 10.3. The SMILES string of the molecule is COc1ccccc1NS(=O)(=O)c1cc(NC(=O)CCc2nc(-c3cccs3)no2)ccc1C. The molecule has 0 saturated carbocycles. The summed E-state index contributed by atoms with van der Waals surface area (Å²) < 4.78 is 39.0. The van der Waals surface area contributed by atoms with E-state index in [1.165, 1.54) is 24.5 Å². The number of carbonyl (C=O) groups excluding carboxylic acids is 1. The van der Waals surface area contributed by atoms with Crippen LogP contribution in [0.4, 0.5) is 11.4 Å². The third-order valence-electron chi connectivity index (χ3n) is 4.89. The number of ether oxygens (including phenoxy) is 1. The topological polar surface area (TPSA) is 123 Å². The van der Waals surface area contributed by atoms with Crippen molar-refractivity contribution < 1.29 is 22.5 Å². The van der Waals surface area contributed by atoms with Crippen LogP contribution in [0.15, 0.2) is 69.4 Å². The molecule has 1 amide bonds. The second-order valence-corrected chi connectivity index (χ2v) is 9.92. The van der Waals surface area contributed by atoms with E-state index in [1.54, 1.807) is 43.3 Å². The summed E-state index contributed by atoms with van der Waals surface area (Å²) in [7, 11) is -2.46. The quantitative estimate of drug-likeness (QED) is 0.348. The molecule has 4 aromatic rings. The lowest BCUT2D eigenvalue weighted by Gasteiger charge is -2.14. The van der Waals surface area contributed by atoms with Crippen LogP contribution in [0.5, 0.6) is 5.75 Å². The lowest BCUT2D eigenvalue weighted by atomic mass is 10.2. The monoisotopic (exact) mass is 498 g/mol. The third kappa shape index (κ3) is 5.43. The van der Waals surface area contributed by atoms with Gasteiger partial charge in [0.2, 0.25) is 17.6 Å². The predicted octanol–water partition coefficient (Wildman–Crippen LogP) is 4.49. The number of benzene rings is 2. The van der Waals surface area contributed by atoms with E-state index in [-0.39, 0.29) is 23.6 Å². The summed E-state index contributed by atoms with van der Waals surface area (Å²) >= 11 is 1.50. The fourth-order valence-electron chi connectivity index (χ4n) is 3.20. The summed E-state index contributed by atoms with van der Waals surface area (Å²) in [4.78, 5) is 17.7. The van der Waals surface area contributed by atoms with Crippen molar-refractivity contribution in [1.82, 2.24) is 10.1 Å². The van der Waals surface area contributed by atoms with Crippen LogP contribution in [-0.2, 0) is 21.2 Å². The van der Waals surface area contributed by atoms with Gasteiger partial charge in [0.25, 0.3) is 10.0 Å². The lowest BCUT2D eigenvalue weighted by Crippen LogP contribution is -2.16. The van der Waals surface area contributed by atoms with Crippen LogP contribution in [-0.4, -0.2) is 31.6 Å². The number of sulfonamides is 1. The molecule has 0 radical (unpaired) electrons. The Balaban J connectivity index is 1.43. The van der Waals surface area contributed by atoms with Crippen molar-refractivity contribution in [2.24, 2.45) is 0 Å². The number of anilines is 2. The normalized spacial score (nSPS) is 11.2. The highest BCUT2D eigenvalue weighted by atomic mass is 32.2. The Morgan fingerprint density at radius 2 is 1.97 bits per heavy atom. The number of amides is 1. The molecule has 4 rings (SSSR count). The van der Waals surface area contributed by atoms with Gasteiger partial charge in [0.05, 0.1) is 22.6 Å². The summed E-state index contributed by atoms with van der Waals surface area (Å²) in [6, 6.07) is 15.2. The first-order chi connectivity index (χ1) is 16.4. The average Bonchev–Trinajstić information content (AvgIpc) is 3.51. The van der Waals surface area contributed by atoms with Crippen molar-refractivity contribution in [1.29, 1.82) is 0 Å². The minimum absolute atomic E-state index is 0.0497. The minimum Gasteiger partial charge on any atom is -0.495 e. The maximum atomic E-state index is 13.0. The molecule has 0 spiro atoms. The molecule has 0 atom stereocenters. The van der Waals surface area contributed by atoms with Crippen molar-refractivity contribution in [3.8, 4) is 16.5 Å². The molecule has 0 unspecified atom stereocenters. The molecule has 2 aromatic heterocycles. The number of hydrogen-bond acceptors (Lipinski definition) is 8. The Morgan fingerprint density at radius 1 is 1.15 bits per heavy atom. The number of aryl methyl sites for hydroxylation is 2. The zero-order chi connectivity index (χ0) is 24.1. The van der Waals surface area contributed by atoms with Crippen molar-refractivity contribution in [2.75, 3.05) is 17.1 Å². The van der Waals surface area contributed by atoms with E-state index in [2.05, 4.69) is 20.2 Å². The third-order valence-corrected chi connectivity index (χ3v) is 7.26. The molecule has 0 bridgehead atoms. The number of rotatable bonds is 9. The Labute approximate surface area is 200 Å². The van der Waals surface area contributed by atoms with E-state index in [4.69, 9.17) is 9.26 Å². The van der Waals surface area contributed by atoms with Gasteiger partial charge in [-0.3, -0.25) is 9.52 Å². The van der Waals surface area contributed by atoms with Crippen LogP contribution in [0, 0.1) is 6.92 Å². The van der Waals surface area contributed by atoms with Gasteiger partial charge in [0.15, 0.2) is 0 Å². The van der Waals surface area contributed by atoms with Crippen molar-refractivity contribution in [2.45, 2.75) is 24.7 Å². The minimum atomic E-state index is -3.92. The fourth-order valence-corrected chi connectivity index (χ4v) is 5.19. The highest BCUT2D eigenvalue weighted by Gasteiger charge is 2.20. The summed E-state index contributed by atoms with van der Waals surface area (Å²) in [6.07, 6.45) is 0.359. The maximum absolute atomic E-state index is 13.0. The van der Waals surface area contributed by atoms with Gasteiger partial charge in [-0.05, 0) is 48.2 Å². The Morgan fingerprint density at radius 3 is 2.74 bits per heavy atom. The van der Waals surface area contributed by atoms with Gasteiger partial charge in [-0.25, -0.2) is 8.42 Å². The fraction of sp³-hybridized carbons (Fsp3) is 0.174. The number of nitrogens with zero attached hydrogens (tertiary/aromatic N) is 2. The Kier molecular flexibility index (Phi) is 6.94. The van der Waals surface area contributed by atoms with E-state index in [9.17, 15) is 13.2 Å². The van der Waals surface area contributed by atoms with Gasteiger partial charge >= 0.3 is 0 Å². The number of methoxy groups -OCH3 is 1. The van der Waals surface area contributed by atoms with Crippen molar-refractivity contribution >= 4 is 38.6 Å². The molecule has 2 N–H and O–H groups in total. The molecule has 0 aliphatic rings. The summed E-state index contributed by atoms with van der Waals surface area (Å²) in [5.41, 5.74) is 1.22. The number of hydrogen-bond donors (Lipinski definition) is 2. The van der Waals surface area contributed by atoms with Crippen molar-refractivity contribution in [3.63, 3.8) is 0 Å². The molecule has 2 aromatic carbocycles. The second kappa shape index (κ2) is 10.1. The van der Waals surface area contributed by atoms with Gasteiger partial charge in [0.1, 0.15) is 5.75 Å². The first-order valence-corrected chi connectivity index (χ1v) is 12.6. The maximum Gasteiger partial charge on any atom is 0.262 e. The van der Waals surface area contributed by atoms with Crippen LogP contribution in [0.1, 0.15) is 17.9 Å². The molecule has 0 aliphatic heterocycles. The Hall–Kier alpha value is -3.70. The molecule has 34 heavy (non-hydrogen) atoms. The number of para-hydroxylation sites is 2. The number of thiophene rings is 1. The number of aromatic nitrogens is 2. The molecule has 2 heterocycles. The van der Waals surface area contributed by atoms with E-state index in [0.717, 1.165) is 4.88 Å². The summed E-state index contributed by atoms with van der Waals surface area (Å²) in [5.74, 6) is 0.935. The van der Waals surface area contributed by atoms with E-state index < -0.39 is 10.0 Å². The van der Waals surface area contributed by atoms with Gasteiger partial charge < -0.3 is 14.6 Å². The second-order valence-electron chi connectivity index (χ2n) is 7.32. The van der Waals surface area contributed by atoms with Gasteiger partial charge in [-0.2, -0.15) is 4.98 Å². The van der Waals surface area contributed by atoms with E-state index >= 15 is 0 Å². The van der Waals surface area contributed by atoms with Crippen LogP contribution in [0.2, 0.25) is 0 Å². The zero-order valence-corrected chi connectivity index (χ0v) is 20.1. The van der Waals surface area contributed by atoms with Crippen LogP contribution < -0.4 is 14.8 Å². The molecule has 0 saturated heterocycles. The highest BCUT2D eigenvalue weighted by Crippen LogP contribution is 2.28. The van der Waals surface area contributed by atoms with Crippen LogP contribution in [0.3, 0.4) is 0 Å². The largest absolute Gasteiger partial charge is 0.495 e. The molecule has 176 valence electrons. The standard InChI is InChI=1S/C23H22N4O5S2/c1-15-9-10-16(14-20(15)34(29,30)27-17-6-3-4-7-18(17)31-2)24-21(28)11-12-22-25-23(26-32-22)19-8-5-13-33-19/h3-10,13-14,27H,11-12H2,1-2H3,(H,24,28). The smallest absolute Gasteiger partial charge is 0.262 e. The number of nitrogens with one attached hydrogen (secondary N) is 2. The zero-order valence-electron chi connectivity index (χ0n) is 18.4. The van der Waals surface area contributed by atoms with Crippen LogP contribution in [0.25, 0.3) is 10.7 Å². The van der Waals surface area contributed by atoms with E-state index in [0.29, 0.717) is 34.4 Å². The summed E-state index contributed by atoms with van der Waals surface area (Å²) in [5, 5.41) is 8.57. The molecular formula is C23H22N4O5S2. The molecule has 9 nitrogen and oxygen atoms in total. The molecule has 0 fully saturated rings. The Bertz CT molecular complexity index is 1400. The average molecular weight is 499 g/mol. The van der Waals surface area contributed by atoms with Gasteiger partial charge in [-0.1, -0.05) is 29.4 Å². The molecule has 11 heteroatoms. The lowest BCUT2D eigenvalue weighted by molar-refractivity contribution is -0.116.